The van der Waals surface area contributed by atoms with Crippen molar-refractivity contribution in [3.05, 3.63) is 60.3 Å². The largest absolute Gasteiger partial charge is 0.417 e. The highest BCUT2D eigenvalue weighted by atomic mass is 32.2. The monoisotopic (exact) mass is 447 g/mol. The minimum absolute atomic E-state index is 0.152. The number of halogens is 6. The van der Waals surface area contributed by atoms with Gasteiger partial charge >= 0.3 is 12.4 Å². The van der Waals surface area contributed by atoms with Crippen LogP contribution in [0.3, 0.4) is 0 Å². The van der Waals surface area contributed by atoms with Crippen LogP contribution in [0, 0.1) is 0 Å². The molecule has 2 heterocycles. The van der Waals surface area contributed by atoms with Gasteiger partial charge in [0.05, 0.1) is 33.3 Å². The smallest absolute Gasteiger partial charge is 0.323 e. The van der Waals surface area contributed by atoms with Crippen LogP contribution in [0.1, 0.15) is 11.1 Å². The quantitative estimate of drug-likeness (QED) is 0.463. The Bertz CT molecular complexity index is 1020. The summed E-state index contributed by atoms with van der Waals surface area (Å²) in [5.41, 5.74) is -1.90. The molecule has 3 rings (SSSR count). The lowest BCUT2D eigenvalue weighted by Crippen LogP contribution is -2.17. The molecule has 0 radical (unpaired) electrons. The predicted octanol–water partition coefficient (Wildman–Crippen LogP) is 4.43. The fraction of sp³-hybridized carbons (Fsp3) is 0.176. The molecule has 13 heteroatoms. The van der Waals surface area contributed by atoms with E-state index < -0.39 is 29.4 Å². The number of nitrogens with one attached hydrogen (secondary N) is 1. The van der Waals surface area contributed by atoms with Gasteiger partial charge < -0.3 is 5.32 Å². The first-order valence-electron chi connectivity index (χ1n) is 8.06. The van der Waals surface area contributed by atoms with Crippen molar-refractivity contribution in [2.24, 2.45) is 0 Å². The minimum Gasteiger partial charge on any atom is -0.323 e. The van der Waals surface area contributed by atoms with E-state index in [0.717, 1.165) is 42.1 Å². The predicted molar refractivity (Wildman–Crippen MR) is 95.0 cm³/mol. The maximum absolute atomic E-state index is 13.0. The second-order valence-electron chi connectivity index (χ2n) is 5.79. The van der Waals surface area contributed by atoms with Crippen LogP contribution in [-0.4, -0.2) is 31.4 Å². The Morgan fingerprint density at radius 3 is 2.30 bits per heavy atom. The molecule has 0 aliphatic heterocycles. The number of thioether (sulfide) groups is 1. The zero-order valence-electron chi connectivity index (χ0n) is 14.7. The first kappa shape index (κ1) is 21.6. The van der Waals surface area contributed by atoms with E-state index in [1.165, 1.54) is 17.3 Å². The van der Waals surface area contributed by atoms with Gasteiger partial charge in [-0.25, -0.2) is 14.6 Å². The Kier molecular flexibility index (Phi) is 6.01. The number of pyridine rings is 1. The van der Waals surface area contributed by atoms with Crippen LogP contribution in [-0.2, 0) is 17.1 Å². The van der Waals surface area contributed by atoms with Crippen molar-refractivity contribution < 1.29 is 31.1 Å². The molecule has 2 aromatic heterocycles. The Morgan fingerprint density at radius 2 is 1.73 bits per heavy atom. The topological polar surface area (TPSA) is 72.7 Å². The van der Waals surface area contributed by atoms with Crippen LogP contribution in [0.2, 0.25) is 0 Å². The molecule has 0 aliphatic carbocycles. The SMILES string of the molecule is O=C(CSc1ccc(C(F)(F)F)cn1)Nc1cc(C(F)(F)F)ccc1-n1cncn1. The molecule has 158 valence electrons. The molecule has 0 fully saturated rings. The number of benzene rings is 1. The van der Waals surface area contributed by atoms with Gasteiger partial charge in [0, 0.05) is 6.20 Å². The second-order valence-corrected chi connectivity index (χ2v) is 6.79. The van der Waals surface area contributed by atoms with Crippen LogP contribution < -0.4 is 5.32 Å². The second kappa shape index (κ2) is 8.34. The highest BCUT2D eigenvalue weighted by Crippen LogP contribution is 2.33. The molecule has 0 saturated carbocycles. The summed E-state index contributed by atoms with van der Waals surface area (Å²) in [6.45, 7) is 0. The Morgan fingerprint density at radius 1 is 1.03 bits per heavy atom. The van der Waals surface area contributed by atoms with E-state index in [2.05, 4.69) is 20.4 Å². The van der Waals surface area contributed by atoms with Gasteiger partial charge in [-0.05, 0) is 30.3 Å². The molecular weight excluding hydrogens is 436 g/mol. The maximum atomic E-state index is 13.0. The molecule has 0 spiro atoms. The fourth-order valence-corrected chi connectivity index (χ4v) is 2.95. The van der Waals surface area contributed by atoms with Crippen LogP contribution in [0.25, 0.3) is 5.69 Å². The van der Waals surface area contributed by atoms with Crippen molar-refractivity contribution in [2.45, 2.75) is 17.4 Å². The van der Waals surface area contributed by atoms with E-state index in [-0.39, 0.29) is 22.2 Å². The highest BCUT2D eigenvalue weighted by Gasteiger charge is 2.32. The van der Waals surface area contributed by atoms with Crippen LogP contribution >= 0.6 is 11.8 Å². The summed E-state index contributed by atoms with van der Waals surface area (Å²) in [6, 6.07) is 4.66. The van der Waals surface area contributed by atoms with E-state index >= 15 is 0 Å². The average Bonchev–Trinajstić information content (AvgIpc) is 3.20. The van der Waals surface area contributed by atoms with E-state index in [0.29, 0.717) is 6.20 Å². The summed E-state index contributed by atoms with van der Waals surface area (Å²) in [7, 11) is 0. The van der Waals surface area contributed by atoms with E-state index in [4.69, 9.17) is 0 Å². The molecule has 3 aromatic rings. The Hall–Kier alpha value is -3.09. The fourth-order valence-electron chi connectivity index (χ4n) is 2.30. The third-order valence-electron chi connectivity index (χ3n) is 3.68. The van der Waals surface area contributed by atoms with Crippen molar-refractivity contribution in [1.29, 1.82) is 0 Å². The number of alkyl halides is 6. The van der Waals surface area contributed by atoms with Crippen LogP contribution in [0.15, 0.2) is 54.2 Å². The zero-order chi connectivity index (χ0) is 21.9. The number of amides is 1. The molecule has 0 saturated heterocycles. The number of carbonyl (C=O) groups is 1. The summed E-state index contributed by atoms with van der Waals surface area (Å²) in [5.74, 6) is -0.965. The lowest BCUT2D eigenvalue weighted by molar-refractivity contribution is -0.138. The summed E-state index contributed by atoms with van der Waals surface area (Å²) >= 11 is 0.833. The first-order chi connectivity index (χ1) is 14.0. The Labute approximate surface area is 169 Å². The normalized spacial score (nSPS) is 12.1. The zero-order valence-corrected chi connectivity index (χ0v) is 15.5. The highest BCUT2D eigenvalue weighted by molar-refractivity contribution is 7.99. The van der Waals surface area contributed by atoms with Crippen molar-refractivity contribution in [1.82, 2.24) is 19.7 Å². The van der Waals surface area contributed by atoms with Crippen molar-refractivity contribution >= 4 is 23.4 Å². The molecule has 0 atom stereocenters. The van der Waals surface area contributed by atoms with Gasteiger partial charge in [0.15, 0.2) is 0 Å². The summed E-state index contributed by atoms with van der Waals surface area (Å²) < 4.78 is 77.9. The molecule has 0 bridgehead atoms. The van der Waals surface area contributed by atoms with Crippen LogP contribution in [0.4, 0.5) is 32.0 Å². The number of nitrogens with zero attached hydrogens (tertiary/aromatic N) is 4. The van der Waals surface area contributed by atoms with Gasteiger partial charge in [-0.1, -0.05) is 11.8 Å². The molecule has 1 amide bonds. The number of anilines is 1. The van der Waals surface area contributed by atoms with Crippen molar-refractivity contribution in [2.75, 3.05) is 11.1 Å². The third kappa shape index (κ3) is 5.28. The third-order valence-corrected chi connectivity index (χ3v) is 4.62. The molecule has 0 aliphatic rings. The van der Waals surface area contributed by atoms with Crippen molar-refractivity contribution in [3.8, 4) is 5.69 Å². The molecule has 1 aromatic carbocycles. The first-order valence-corrected chi connectivity index (χ1v) is 9.05. The molecule has 0 unspecified atom stereocenters. The molecule has 1 N–H and O–H groups in total. The number of rotatable bonds is 5. The summed E-state index contributed by atoms with van der Waals surface area (Å²) in [4.78, 5) is 19.6. The molecule has 6 nitrogen and oxygen atoms in total. The number of aromatic nitrogens is 4. The molecule has 30 heavy (non-hydrogen) atoms. The molecular formula is C17H11F6N5OS. The van der Waals surface area contributed by atoms with Gasteiger partial charge in [-0.3, -0.25) is 4.79 Å². The van der Waals surface area contributed by atoms with Gasteiger partial charge in [0.1, 0.15) is 12.7 Å². The maximum Gasteiger partial charge on any atom is 0.417 e. The Balaban J connectivity index is 1.74. The lowest BCUT2D eigenvalue weighted by Gasteiger charge is -2.14. The average molecular weight is 447 g/mol. The number of hydrogen-bond donors (Lipinski definition) is 1. The van der Waals surface area contributed by atoms with E-state index in [1.807, 2.05) is 0 Å². The summed E-state index contributed by atoms with van der Waals surface area (Å²) in [5, 5.41) is 6.35. The lowest BCUT2D eigenvalue weighted by atomic mass is 10.1. The standard InChI is InChI=1S/C17H11F6N5OS/c18-16(19,20)10-1-3-13(28-9-24-8-26-28)12(5-10)27-14(29)7-30-15-4-2-11(6-25-15)17(21,22)23/h1-6,8-9H,7H2,(H,27,29). The minimum atomic E-state index is -4.63. The number of carbonyl (C=O) groups excluding carboxylic acids is 1. The van der Waals surface area contributed by atoms with Gasteiger partial charge in [-0.2, -0.15) is 31.4 Å². The van der Waals surface area contributed by atoms with Crippen molar-refractivity contribution in [3.63, 3.8) is 0 Å². The van der Waals surface area contributed by atoms with E-state index in [1.54, 1.807) is 0 Å². The van der Waals surface area contributed by atoms with Gasteiger partial charge in [0.2, 0.25) is 5.91 Å². The van der Waals surface area contributed by atoms with E-state index in [9.17, 15) is 31.1 Å². The number of hydrogen-bond acceptors (Lipinski definition) is 5. The van der Waals surface area contributed by atoms with Crippen LogP contribution in [0.5, 0.6) is 0 Å². The van der Waals surface area contributed by atoms with Gasteiger partial charge in [0.25, 0.3) is 0 Å². The summed E-state index contributed by atoms with van der Waals surface area (Å²) in [6.07, 6.45) is -6.10. The van der Waals surface area contributed by atoms with Gasteiger partial charge in [-0.15, -0.1) is 0 Å².